The summed E-state index contributed by atoms with van der Waals surface area (Å²) in [4.78, 5) is 40.4. The van der Waals surface area contributed by atoms with Gasteiger partial charge in [0.25, 0.3) is 5.56 Å². The number of nitrogen functional groups attached to an aromatic ring is 1. The monoisotopic (exact) mass is 358 g/mol. The van der Waals surface area contributed by atoms with Gasteiger partial charge in [-0.05, 0) is 0 Å². The Bertz CT molecular complexity index is 894. The molecule has 0 amide bonds. The van der Waals surface area contributed by atoms with E-state index in [9.17, 15) is 24.0 Å². The molecule has 13 heteroatoms. The molecule has 1 aliphatic heterocycles. The Morgan fingerprint density at radius 2 is 2.16 bits per heavy atom. The van der Waals surface area contributed by atoms with Crippen molar-refractivity contribution in [2.75, 3.05) is 12.3 Å². The fourth-order valence-electron chi connectivity index (χ4n) is 2.00. The van der Waals surface area contributed by atoms with Crippen LogP contribution in [0.3, 0.4) is 0 Å². The topological polar surface area (TPSA) is 178 Å². The Morgan fingerprint density at radius 1 is 1.44 bits per heavy atom. The van der Waals surface area contributed by atoms with E-state index in [0.717, 1.165) is 16.8 Å². The Balaban J connectivity index is 0.000000212. The van der Waals surface area contributed by atoms with Crippen LogP contribution in [0.4, 0.5) is 10.4 Å². The number of rotatable bonds is 2. The number of H-pyrrole nitrogens is 1. The first-order valence-electron chi connectivity index (χ1n) is 6.95. The van der Waals surface area contributed by atoms with Crippen molar-refractivity contribution in [2.24, 2.45) is 0 Å². The first-order valence-corrected chi connectivity index (χ1v) is 6.95. The van der Waals surface area contributed by atoms with Gasteiger partial charge in [0.05, 0.1) is 12.7 Å². The number of aliphatic hydroxyl groups is 2. The molecule has 3 heterocycles. The largest absolute Gasteiger partial charge is 0.394 e. The van der Waals surface area contributed by atoms with Crippen molar-refractivity contribution >= 4 is 5.95 Å². The number of halogens is 1. The third-order valence-electron chi connectivity index (χ3n) is 3.22. The molecule has 12 nitrogen and oxygen atoms in total. The maximum atomic E-state index is 11.9. The molecule has 0 aromatic carbocycles. The van der Waals surface area contributed by atoms with Crippen LogP contribution in [-0.4, -0.2) is 53.3 Å². The zero-order chi connectivity index (χ0) is 18.6. The molecular formula is C12H15FN6O6. The molecule has 0 bridgehead atoms. The third-order valence-corrected chi connectivity index (χ3v) is 3.22. The lowest BCUT2D eigenvalue weighted by atomic mass is 10.2. The average Bonchev–Trinajstić information content (AvgIpc) is 2.92. The van der Waals surface area contributed by atoms with Crippen molar-refractivity contribution in [3.8, 4) is 0 Å². The molecule has 0 spiro atoms. The van der Waals surface area contributed by atoms with Gasteiger partial charge in [-0.3, -0.25) is 14.3 Å². The minimum absolute atomic E-state index is 0.112. The van der Waals surface area contributed by atoms with Crippen molar-refractivity contribution in [1.82, 2.24) is 24.3 Å². The molecule has 1 fully saturated rings. The normalized spacial score (nSPS) is 22.3. The number of hydrogen-bond acceptors (Lipinski definition) is 9. The predicted molar refractivity (Wildman–Crippen MR) is 80.2 cm³/mol. The summed E-state index contributed by atoms with van der Waals surface area (Å²) < 4.78 is 18.3. The molecule has 1 aliphatic rings. The Kier molecular flexibility index (Phi) is 5.74. The van der Waals surface area contributed by atoms with Crippen molar-refractivity contribution in [2.45, 2.75) is 24.9 Å². The molecule has 0 aliphatic carbocycles. The molecule has 2 aromatic heterocycles. The smallest absolute Gasteiger partial charge is 0.356 e. The van der Waals surface area contributed by atoms with Crippen LogP contribution in [0, 0.1) is 0 Å². The van der Waals surface area contributed by atoms with E-state index in [1.54, 1.807) is 4.98 Å². The standard InChI is InChI=1S/C8H12N4O4.C4H3FN2O2/c9-7-10-3-12(8(15)11-7)6-1-4(14)5(2-13)16-6;5-7-2-1-3(8)6-4(7)9/h3-6,13-14H,1-2H2,(H2,9,11,15);1-2H,(H,6,8,9)/t4-,5+,6+;/m0./s1. The van der Waals surface area contributed by atoms with Crippen LogP contribution in [-0.2, 0) is 4.74 Å². The lowest BCUT2D eigenvalue weighted by molar-refractivity contribution is -0.0462. The molecule has 136 valence electrons. The summed E-state index contributed by atoms with van der Waals surface area (Å²) in [5.41, 5.74) is 2.99. The Morgan fingerprint density at radius 3 is 2.68 bits per heavy atom. The summed E-state index contributed by atoms with van der Waals surface area (Å²) >= 11 is 0. The first kappa shape index (κ1) is 18.4. The summed E-state index contributed by atoms with van der Waals surface area (Å²) in [5.74, 6) is -0.112. The highest BCUT2D eigenvalue weighted by Gasteiger charge is 2.35. The summed E-state index contributed by atoms with van der Waals surface area (Å²) in [6, 6.07) is 0.918. The van der Waals surface area contributed by atoms with Crippen LogP contribution >= 0.6 is 0 Å². The van der Waals surface area contributed by atoms with Gasteiger partial charge in [-0.15, -0.1) is 4.79 Å². The number of aliphatic hydroxyl groups excluding tert-OH is 2. The molecule has 0 radical (unpaired) electrons. The highest BCUT2D eigenvalue weighted by Crippen LogP contribution is 2.26. The van der Waals surface area contributed by atoms with Gasteiger partial charge in [-0.1, -0.05) is 4.48 Å². The second kappa shape index (κ2) is 7.78. The maximum Gasteiger partial charge on any atom is 0.356 e. The minimum Gasteiger partial charge on any atom is -0.394 e. The van der Waals surface area contributed by atoms with Gasteiger partial charge in [0, 0.05) is 18.7 Å². The fraction of sp³-hybridized carbons (Fsp3) is 0.417. The molecule has 3 atom stereocenters. The SMILES string of the molecule is Nc1ncn([C@H]2C[C@H](O)[C@@H](CO)O2)c(=O)n1.O=c1ccn(F)c(=O)[nH]1. The van der Waals surface area contributed by atoms with E-state index in [2.05, 4.69) is 9.97 Å². The zero-order valence-electron chi connectivity index (χ0n) is 12.6. The van der Waals surface area contributed by atoms with Gasteiger partial charge >= 0.3 is 11.4 Å². The summed E-state index contributed by atoms with van der Waals surface area (Å²) in [7, 11) is 0. The van der Waals surface area contributed by atoms with Crippen LogP contribution in [0.15, 0.2) is 33.0 Å². The molecule has 2 aromatic rings. The number of hydrogen-bond donors (Lipinski definition) is 4. The van der Waals surface area contributed by atoms with Crippen LogP contribution in [0.5, 0.6) is 0 Å². The number of ether oxygens (including phenoxy) is 1. The highest BCUT2D eigenvalue weighted by molar-refractivity contribution is 5.09. The quantitative estimate of drug-likeness (QED) is 0.439. The second-order valence-electron chi connectivity index (χ2n) is 4.94. The molecule has 25 heavy (non-hydrogen) atoms. The van der Waals surface area contributed by atoms with Crippen molar-refractivity contribution in [3.05, 3.63) is 49.9 Å². The number of aromatic nitrogens is 5. The molecule has 0 unspecified atom stereocenters. The molecule has 0 saturated carbocycles. The number of nitrogens with zero attached hydrogens (tertiary/aromatic N) is 4. The number of nitrogens with two attached hydrogens (primary N) is 1. The average molecular weight is 358 g/mol. The fourth-order valence-corrected chi connectivity index (χ4v) is 2.00. The zero-order valence-corrected chi connectivity index (χ0v) is 12.6. The van der Waals surface area contributed by atoms with E-state index in [-0.39, 0.29) is 23.8 Å². The Hall–Kier alpha value is -2.90. The van der Waals surface area contributed by atoms with Gasteiger partial charge in [-0.2, -0.15) is 4.98 Å². The number of nitrogens with one attached hydrogen (secondary N) is 1. The molecule has 1 saturated heterocycles. The van der Waals surface area contributed by atoms with Gasteiger partial charge in [0.15, 0.2) is 0 Å². The molecular weight excluding hydrogens is 343 g/mol. The van der Waals surface area contributed by atoms with E-state index in [1.807, 2.05) is 0 Å². The number of anilines is 1. The van der Waals surface area contributed by atoms with E-state index in [1.165, 1.54) is 6.33 Å². The summed E-state index contributed by atoms with van der Waals surface area (Å²) in [5, 5.41) is 18.4. The summed E-state index contributed by atoms with van der Waals surface area (Å²) in [6.07, 6.45) is 0.00985. The van der Waals surface area contributed by atoms with Crippen molar-refractivity contribution in [1.29, 1.82) is 0 Å². The maximum absolute atomic E-state index is 11.9. The van der Waals surface area contributed by atoms with Gasteiger partial charge in [0.1, 0.15) is 18.7 Å². The van der Waals surface area contributed by atoms with Gasteiger partial charge < -0.3 is 20.7 Å². The van der Waals surface area contributed by atoms with E-state index in [0.29, 0.717) is 0 Å². The van der Waals surface area contributed by atoms with E-state index >= 15 is 0 Å². The molecule has 5 N–H and O–H groups in total. The van der Waals surface area contributed by atoms with Crippen LogP contribution in [0.2, 0.25) is 0 Å². The van der Waals surface area contributed by atoms with Gasteiger partial charge in [0.2, 0.25) is 5.95 Å². The van der Waals surface area contributed by atoms with E-state index < -0.39 is 35.4 Å². The lowest BCUT2D eigenvalue weighted by Gasteiger charge is -2.13. The molecule has 3 rings (SSSR count). The first-order chi connectivity index (χ1) is 11.8. The minimum atomic E-state index is -1.05. The van der Waals surface area contributed by atoms with Gasteiger partial charge in [-0.25, -0.2) is 14.6 Å². The summed E-state index contributed by atoms with van der Waals surface area (Å²) in [6.45, 7) is -0.303. The van der Waals surface area contributed by atoms with E-state index in [4.69, 9.17) is 15.6 Å². The lowest BCUT2D eigenvalue weighted by Crippen LogP contribution is -2.28. The van der Waals surface area contributed by atoms with Crippen LogP contribution in [0.1, 0.15) is 12.6 Å². The van der Waals surface area contributed by atoms with Crippen molar-refractivity contribution in [3.63, 3.8) is 0 Å². The number of aromatic amines is 1. The van der Waals surface area contributed by atoms with Crippen LogP contribution in [0.25, 0.3) is 0 Å². The highest BCUT2D eigenvalue weighted by atomic mass is 19.2. The second-order valence-corrected chi connectivity index (χ2v) is 4.94. The Labute approximate surface area is 137 Å². The predicted octanol–water partition coefficient (Wildman–Crippen LogP) is -2.87. The van der Waals surface area contributed by atoms with Crippen LogP contribution < -0.4 is 22.7 Å². The third kappa shape index (κ3) is 4.56. The van der Waals surface area contributed by atoms with Crippen molar-refractivity contribution < 1.29 is 19.4 Å².